The summed E-state index contributed by atoms with van der Waals surface area (Å²) in [5.74, 6) is 0.717. The Morgan fingerprint density at radius 3 is 2.58 bits per heavy atom. The number of fused-ring (bicyclic) bond motifs is 2. The Labute approximate surface area is 190 Å². The lowest BCUT2D eigenvalue weighted by atomic mass is 10.1. The molecule has 4 heterocycles. The van der Waals surface area contributed by atoms with Crippen LogP contribution in [0.4, 0.5) is 11.5 Å². The second-order valence-corrected chi connectivity index (χ2v) is 8.31. The number of benzene rings is 1. The molecule has 33 heavy (non-hydrogen) atoms. The lowest BCUT2D eigenvalue weighted by Crippen LogP contribution is -2.54. The maximum atomic E-state index is 13.2. The fourth-order valence-electron chi connectivity index (χ4n) is 4.41. The zero-order valence-corrected chi connectivity index (χ0v) is 18.9. The Balaban J connectivity index is 1.50. The highest BCUT2D eigenvalue weighted by molar-refractivity contribution is 6.13. The van der Waals surface area contributed by atoms with E-state index in [0.29, 0.717) is 51.5 Å². The summed E-state index contributed by atoms with van der Waals surface area (Å²) in [6, 6.07) is 6.04. The van der Waals surface area contributed by atoms with Crippen molar-refractivity contribution < 1.29 is 13.9 Å². The average Bonchev–Trinajstić information content (AvgIpc) is 3.17. The lowest BCUT2D eigenvalue weighted by Gasteiger charge is -2.38. The molecule has 4 aromatic rings. The SMILES string of the molecule is COc1nc(NC(=O)c2ccc(N3C[C@@H](C)N[C@@H](C)C3)c3nccnc23)cc2oc(C)nc12. The van der Waals surface area contributed by atoms with E-state index in [1.165, 1.54) is 7.11 Å². The average molecular weight is 447 g/mol. The Morgan fingerprint density at radius 1 is 1.12 bits per heavy atom. The van der Waals surface area contributed by atoms with Crippen LogP contribution < -0.4 is 20.3 Å². The van der Waals surface area contributed by atoms with Gasteiger partial charge in [-0.05, 0) is 26.0 Å². The van der Waals surface area contributed by atoms with Crippen molar-refractivity contribution in [2.45, 2.75) is 32.9 Å². The molecule has 0 radical (unpaired) electrons. The van der Waals surface area contributed by atoms with E-state index >= 15 is 0 Å². The molecule has 2 N–H and O–H groups in total. The van der Waals surface area contributed by atoms with Gasteiger partial charge < -0.3 is 24.7 Å². The normalized spacial score (nSPS) is 18.6. The Kier molecular flexibility index (Phi) is 5.29. The number of hydrogen-bond acceptors (Lipinski definition) is 9. The standard InChI is InChI=1S/C23H25N7O3/c1-12-10-30(11-13(2)26-12)16-6-5-15(19-20(16)25-8-7-24-19)22(31)28-18-9-17-21(23(29-18)32-4)27-14(3)33-17/h5-9,12-13,26H,10-11H2,1-4H3,(H,28,29,31)/t12-,13+. The molecule has 1 saturated heterocycles. The van der Waals surface area contributed by atoms with E-state index < -0.39 is 0 Å². The van der Waals surface area contributed by atoms with Crippen molar-refractivity contribution in [3.05, 3.63) is 42.0 Å². The fraction of sp³-hybridized carbons (Fsp3) is 0.348. The van der Waals surface area contributed by atoms with Crippen LogP contribution >= 0.6 is 0 Å². The quantitative estimate of drug-likeness (QED) is 0.487. The third-order valence-corrected chi connectivity index (χ3v) is 5.63. The molecule has 0 spiro atoms. The van der Waals surface area contributed by atoms with Gasteiger partial charge in [0.1, 0.15) is 16.9 Å². The van der Waals surface area contributed by atoms with Crippen LogP contribution in [0.15, 0.2) is 35.0 Å². The molecule has 1 amide bonds. The van der Waals surface area contributed by atoms with E-state index in [4.69, 9.17) is 9.15 Å². The van der Waals surface area contributed by atoms with Crippen molar-refractivity contribution in [1.82, 2.24) is 25.3 Å². The van der Waals surface area contributed by atoms with Gasteiger partial charge in [-0.3, -0.25) is 14.8 Å². The molecule has 0 saturated carbocycles. The number of hydrogen-bond donors (Lipinski definition) is 2. The zero-order valence-electron chi connectivity index (χ0n) is 18.9. The van der Waals surface area contributed by atoms with Gasteiger partial charge >= 0.3 is 0 Å². The van der Waals surface area contributed by atoms with Gasteiger partial charge in [0.2, 0.25) is 5.88 Å². The van der Waals surface area contributed by atoms with Crippen molar-refractivity contribution in [3.63, 3.8) is 0 Å². The van der Waals surface area contributed by atoms with Crippen LogP contribution in [0.3, 0.4) is 0 Å². The van der Waals surface area contributed by atoms with Crippen molar-refractivity contribution in [3.8, 4) is 5.88 Å². The first-order valence-corrected chi connectivity index (χ1v) is 10.8. The summed E-state index contributed by atoms with van der Waals surface area (Å²) in [7, 11) is 1.50. The molecule has 10 nitrogen and oxygen atoms in total. The Morgan fingerprint density at radius 2 is 1.85 bits per heavy atom. The predicted molar refractivity (Wildman–Crippen MR) is 125 cm³/mol. The smallest absolute Gasteiger partial charge is 0.259 e. The largest absolute Gasteiger partial charge is 0.479 e. The van der Waals surface area contributed by atoms with Gasteiger partial charge in [-0.1, -0.05) is 0 Å². The van der Waals surface area contributed by atoms with E-state index in [-0.39, 0.29) is 11.8 Å². The van der Waals surface area contributed by atoms with Crippen LogP contribution in [0.5, 0.6) is 5.88 Å². The molecule has 0 bridgehead atoms. The Hall–Kier alpha value is -3.79. The number of amides is 1. The molecule has 10 heteroatoms. The number of aromatic nitrogens is 4. The number of oxazole rings is 1. The minimum atomic E-state index is -0.348. The van der Waals surface area contributed by atoms with Crippen LogP contribution in [0.2, 0.25) is 0 Å². The highest BCUT2D eigenvalue weighted by Crippen LogP contribution is 2.30. The summed E-state index contributed by atoms with van der Waals surface area (Å²) >= 11 is 0. The number of nitrogens with one attached hydrogen (secondary N) is 2. The lowest BCUT2D eigenvalue weighted by molar-refractivity contribution is 0.102. The van der Waals surface area contributed by atoms with E-state index in [1.54, 1.807) is 31.5 Å². The first-order chi connectivity index (χ1) is 15.9. The van der Waals surface area contributed by atoms with Gasteiger partial charge in [-0.25, -0.2) is 4.98 Å². The maximum Gasteiger partial charge on any atom is 0.259 e. The number of rotatable bonds is 4. The molecule has 1 aromatic carbocycles. The first kappa shape index (κ1) is 21.1. The molecule has 1 aliphatic rings. The molecule has 1 fully saturated rings. The summed E-state index contributed by atoms with van der Waals surface area (Å²) < 4.78 is 10.9. The highest BCUT2D eigenvalue weighted by atomic mass is 16.5. The number of carbonyl (C=O) groups is 1. The number of carbonyl (C=O) groups excluding carboxylic acids is 1. The van der Waals surface area contributed by atoms with E-state index in [1.807, 2.05) is 6.07 Å². The number of anilines is 2. The second kappa shape index (κ2) is 8.28. The van der Waals surface area contributed by atoms with Crippen molar-refractivity contribution in [2.24, 2.45) is 0 Å². The van der Waals surface area contributed by atoms with Gasteiger partial charge in [0.05, 0.1) is 18.4 Å². The molecule has 1 aliphatic heterocycles. The molecule has 5 rings (SSSR count). The molecule has 0 aliphatic carbocycles. The van der Waals surface area contributed by atoms with Gasteiger partial charge in [0, 0.05) is 50.6 Å². The number of pyridine rings is 1. The molecule has 170 valence electrons. The molecule has 3 aromatic heterocycles. The van der Waals surface area contributed by atoms with Crippen LogP contribution in [-0.4, -0.2) is 58.1 Å². The van der Waals surface area contributed by atoms with E-state index in [2.05, 4.69) is 49.3 Å². The summed E-state index contributed by atoms with van der Waals surface area (Å²) in [5, 5.41) is 6.37. The minimum Gasteiger partial charge on any atom is -0.479 e. The van der Waals surface area contributed by atoms with Crippen LogP contribution in [0.1, 0.15) is 30.1 Å². The summed E-state index contributed by atoms with van der Waals surface area (Å²) in [6.45, 7) is 7.76. The van der Waals surface area contributed by atoms with E-state index in [9.17, 15) is 4.79 Å². The number of nitrogens with zero attached hydrogens (tertiary/aromatic N) is 5. The van der Waals surface area contributed by atoms with Crippen LogP contribution in [-0.2, 0) is 0 Å². The third kappa shape index (κ3) is 3.93. The maximum absolute atomic E-state index is 13.2. The van der Waals surface area contributed by atoms with Crippen molar-refractivity contribution >= 4 is 39.5 Å². The number of piperazine rings is 1. The molecular formula is C23H25N7O3. The first-order valence-electron chi connectivity index (χ1n) is 10.8. The van der Waals surface area contributed by atoms with Gasteiger partial charge in [-0.15, -0.1) is 0 Å². The monoisotopic (exact) mass is 447 g/mol. The summed E-state index contributed by atoms with van der Waals surface area (Å²) in [6.07, 6.45) is 3.24. The summed E-state index contributed by atoms with van der Waals surface area (Å²) in [5.41, 5.74) is 3.60. The third-order valence-electron chi connectivity index (χ3n) is 5.63. The van der Waals surface area contributed by atoms with Gasteiger partial charge in [0.15, 0.2) is 17.0 Å². The molecule has 0 unspecified atom stereocenters. The van der Waals surface area contributed by atoms with Gasteiger partial charge in [0.25, 0.3) is 5.91 Å². The predicted octanol–water partition coefficient (Wildman–Crippen LogP) is 2.92. The topological polar surface area (TPSA) is 118 Å². The molecule has 2 atom stereocenters. The second-order valence-electron chi connectivity index (χ2n) is 8.31. The highest BCUT2D eigenvalue weighted by Gasteiger charge is 2.25. The van der Waals surface area contributed by atoms with Gasteiger partial charge in [-0.2, -0.15) is 4.98 Å². The van der Waals surface area contributed by atoms with Crippen LogP contribution in [0.25, 0.3) is 22.1 Å². The fourth-order valence-corrected chi connectivity index (χ4v) is 4.41. The Bertz CT molecular complexity index is 1340. The zero-order chi connectivity index (χ0) is 23.1. The number of aryl methyl sites for hydroxylation is 1. The van der Waals surface area contributed by atoms with Crippen LogP contribution in [0, 0.1) is 6.92 Å². The number of ether oxygens (including phenoxy) is 1. The number of methoxy groups -OCH3 is 1. The minimum absolute atomic E-state index is 0.279. The summed E-state index contributed by atoms with van der Waals surface area (Å²) in [4.78, 5) is 33.2. The van der Waals surface area contributed by atoms with Crippen molar-refractivity contribution in [2.75, 3.05) is 30.4 Å². The van der Waals surface area contributed by atoms with E-state index in [0.717, 1.165) is 18.8 Å². The molecular weight excluding hydrogens is 422 g/mol. The van der Waals surface area contributed by atoms with Crippen molar-refractivity contribution in [1.29, 1.82) is 0 Å².